The van der Waals surface area contributed by atoms with Gasteiger partial charge in [-0.3, -0.25) is 4.79 Å². The lowest BCUT2D eigenvalue weighted by atomic mass is 10.0. The summed E-state index contributed by atoms with van der Waals surface area (Å²) >= 11 is 0. The molecular weight excluding hydrogens is 323 g/mol. The van der Waals surface area contributed by atoms with Gasteiger partial charge in [0.2, 0.25) is 11.0 Å². The first kappa shape index (κ1) is 15.7. The number of hydrogen-bond acceptors (Lipinski definition) is 4. The fourth-order valence-corrected chi connectivity index (χ4v) is 3.71. The number of furan rings is 1. The molecule has 2 heterocycles. The van der Waals surface area contributed by atoms with Gasteiger partial charge in [-0.15, -0.1) is 0 Å². The zero-order valence-electron chi connectivity index (χ0n) is 12.1. The molecule has 3 rings (SSSR count). The van der Waals surface area contributed by atoms with Crippen LogP contribution in [0.2, 0.25) is 0 Å². The molecule has 0 radical (unpaired) electrons. The van der Waals surface area contributed by atoms with E-state index in [0.717, 1.165) is 0 Å². The fourth-order valence-electron chi connectivity index (χ4n) is 2.56. The van der Waals surface area contributed by atoms with Crippen molar-refractivity contribution in [2.75, 3.05) is 11.4 Å². The smallest absolute Gasteiger partial charge is 0.274 e. The van der Waals surface area contributed by atoms with E-state index in [2.05, 4.69) is 4.72 Å². The van der Waals surface area contributed by atoms with Crippen molar-refractivity contribution in [2.45, 2.75) is 24.0 Å². The van der Waals surface area contributed by atoms with Crippen molar-refractivity contribution in [3.63, 3.8) is 0 Å². The number of hydrogen-bond donors (Lipinski definition) is 1. The number of piperidine rings is 1. The van der Waals surface area contributed by atoms with Crippen molar-refractivity contribution in [1.82, 2.24) is 4.72 Å². The Bertz CT molecular complexity index is 805. The highest BCUT2D eigenvalue weighted by atomic mass is 32.2. The predicted octanol–water partition coefficient (Wildman–Crippen LogP) is 1.89. The molecule has 6 nitrogen and oxygen atoms in total. The quantitative estimate of drug-likeness (QED) is 0.923. The predicted molar refractivity (Wildman–Crippen MR) is 80.8 cm³/mol. The van der Waals surface area contributed by atoms with Crippen molar-refractivity contribution in [1.29, 1.82) is 0 Å². The molecule has 1 amide bonds. The van der Waals surface area contributed by atoms with Gasteiger partial charge in [0.15, 0.2) is 0 Å². The molecule has 1 saturated heterocycles. The molecule has 1 N–H and O–H groups in total. The molecule has 0 saturated carbocycles. The average Bonchev–Trinajstić information content (AvgIpc) is 3.05. The van der Waals surface area contributed by atoms with Gasteiger partial charge in [0.25, 0.3) is 10.0 Å². The van der Waals surface area contributed by atoms with Crippen LogP contribution in [-0.4, -0.2) is 26.9 Å². The Balaban J connectivity index is 1.82. The Morgan fingerprint density at radius 2 is 2.00 bits per heavy atom. The first-order chi connectivity index (χ1) is 11.0. The SMILES string of the molecule is O=C1[C@@H](NS(=O)(=O)c2ccco2)CCCN1c1ccccc1F. The number of halogens is 1. The Labute approximate surface area is 132 Å². The molecule has 8 heteroatoms. The highest BCUT2D eigenvalue weighted by Gasteiger charge is 2.34. The highest BCUT2D eigenvalue weighted by Crippen LogP contribution is 2.24. The second-order valence-corrected chi connectivity index (χ2v) is 6.83. The van der Waals surface area contributed by atoms with Crippen LogP contribution in [0, 0.1) is 5.82 Å². The number of amides is 1. The molecule has 0 spiro atoms. The summed E-state index contributed by atoms with van der Waals surface area (Å²) in [6, 6.07) is 7.72. The number of sulfonamides is 1. The van der Waals surface area contributed by atoms with Crippen LogP contribution in [0.5, 0.6) is 0 Å². The molecule has 0 bridgehead atoms. The van der Waals surface area contributed by atoms with Crippen LogP contribution < -0.4 is 9.62 Å². The Morgan fingerprint density at radius 3 is 2.70 bits per heavy atom. The number of para-hydroxylation sites is 1. The van der Waals surface area contributed by atoms with Crippen LogP contribution in [-0.2, 0) is 14.8 Å². The van der Waals surface area contributed by atoms with E-state index in [0.29, 0.717) is 19.4 Å². The summed E-state index contributed by atoms with van der Waals surface area (Å²) < 4.78 is 45.4. The van der Waals surface area contributed by atoms with Crippen LogP contribution in [0.25, 0.3) is 0 Å². The maximum absolute atomic E-state index is 13.9. The van der Waals surface area contributed by atoms with E-state index in [1.807, 2.05) is 0 Å². The summed E-state index contributed by atoms with van der Waals surface area (Å²) in [5, 5.41) is -0.256. The molecule has 1 aliphatic rings. The van der Waals surface area contributed by atoms with Crippen LogP contribution in [0.3, 0.4) is 0 Å². The maximum Gasteiger partial charge on any atom is 0.274 e. The van der Waals surface area contributed by atoms with Crippen molar-refractivity contribution >= 4 is 21.6 Å². The second-order valence-electron chi connectivity index (χ2n) is 5.19. The molecule has 122 valence electrons. The standard InChI is InChI=1S/C15H15FN2O4S/c16-11-5-1-2-7-13(11)18-9-3-6-12(15(18)19)17-23(20,21)14-8-4-10-22-14/h1-2,4-5,7-8,10,12,17H,3,6,9H2/t12-/m0/s1. The number of carbonyl (C=O) groups excluding carboxylic acids is 1. The topological polar surface area (TPSA) is 79.6 Å². The third-order valence-electron chi connectivity index (χ3n) is 3.64. The lowest BCUT2D eigenvalue weighted by molar-refractivity contribution is -0.121. The van der Waals surface area contributed by atoms with E-state index in [4.69, 9.17) is 4.42 Å². The van der Waals surface area contributed by atoms with Gasteiger partial charge in [-0.2, -0.15) is 4.72 Å². The molecular formula is C15H15FN2O4S. The minimum atomic E-state index is -3.92. The highest BCUT2D eigenvalue weighted by molar-refractivity contribution is 7.89. The molecule has 1 aromatic heterocycles. The maximum atomic E-state index is 13.9. The Morgan fingerprint density at radius 1 is 1.22 bits per heavy atom. The first-order valence-corrected chi connectivity index (χ1v) is 8.59. The monoisotopic (exact) mass is 338 g/mol. The van der Waals surface area contributed by atoms with E-state index in [1.54, 1.807) is 6.07 Å². The fraction of sp³-hybridized carbons (Fsp3) is 0.267. The van der Waals surface area contributed by atoms with Crippen LogP contribution >= 0.6 is 0 Å². The third kappa shape index (κ3) is 3.13. The summed E-state index contributed by atoms with van der Waals surface area (Å²) in [6.45, 7) is 0.346. The van der Waals surface area contributed by atoms with E-state index < -0.39 is 27.8 Å². The summed E-state index contributed by atoms with van der Waals surface area (Å²) in [4.78, 5) is 13.8. The van der Waals surface area contributed by atoms with E-state index >= 15 is 0 Å². The molecule has 23 heavy (non-hydrogen) atoms. The van der Waals surface area contributed by atoms with Crippen LogP contribution in [0.1, 0.15) is 12.8 Å². The van der Waals surface area contributed by atoms with E-state index in [9.17, 15) is 17.6 Å². The first-order valence-electron chi connectivity index (χ1n) is 7.11. The number of nitrogens with zero attached hydrogens (tertiary/aromatic N) is 1. The summed E-state index contributed by atoms with van der Waals surface area (Å²) in [5.74, 6) is -0.994. The zero-order chi connectivity index (χ0) is 16.4. The summed E-state index contributed by atoms with van der Waals surface area (Å²) in [6.07, 6.45) is 2.15. The lowest BCUT2D eigenvalue weighted by Crippen LogP contribution is -2.52. The van der Waals surface area contributed by atoms with Gasteiger partial charge < -0.3 is 9.32 Å². The molecule has 1 atom stereocenters. The third-order valence-corrected chi connectivity index (χ3v) is 5.00. The number of nitrogens with one attached hydrogen (secondary N) is 1. The number of carbonyl (C=O) groups is 1. The van der Waals surface area contributed by atoms with Gasteiger partial charge in [-0.1, -0.05) is 12.1 Å². The molecule has 1 fully saturated rings. The normalized spacial score (nSPS) is 19.1. The van der Waals surface area contributed by atoms with Crippen LogP contribution in [0.15, 0.2) is 52.2 Å². The molecule has 1 aromatic carbocycles. The Hall–Kier alpha value is -2.19. The van der Waals surface area contributed by atoms with E-state index in [1.165, 1.54) is 41.5 Å². The molecule has 1 aliphatic heterocycles. The molecule has 2 aromatic rings. The van der Waals surface area contributed by atoms with Crippen molar-refractivity contribution in [3.05, 3.63) is 48.5 Å². The van der Waals surface area contributed by atoms with Gasteiger partial charge in [0, 0.05) is 6.54 Å². The van der Waals surface area contributed by atoms with Gasteiger partial charge in [0.05, 0.1) is 12.0 Å². The number of anilines is 1. The van der Waals surface area contributed by atoms with Gasteiger partial charge in [0.1, 0.15) is 11.9 Å². The van der Waals surface area contributed by atoms with E-state index in [-0.39, 0.29) is 10.8 Å². The number of rotatable bonds is 4. The average molecular weight is 338 g/mol. The van der Waals surface area contributed by atoms with Gasteiger partial charge in [-0.05, 0) is 37.1 Å². The lowest BCUT2D eigenvalue weighted by Gasteiger charge is -2.32. The molecule has 0 unspecified atom stereocenters. The largest absolute Gasteiger partial charge is 0.452 e. The second kappa shape index (κ2) is 6.13. The van der Waals surface area contributed by atoms with Gasteiger partial charge in [-0.25, -0.2) is 12.8 Å². The minimum Gasteiger partial charge on any atom is -0.452 e. The minimum absolute atomic E-state index is 0.152. The van der Waals surface area contributed by atoms with Crippen molar-refractivity contribution in [3.8, 4) is 0 Å². The number of benzene rings is 1. The zero-order valence-corrected chi connectivity index (χ0v) is 12.9. The Kier molecular flexibility index (Phi) is 4.18. The summed E-state index contributed by atoms with van der Waals surface area (Å²) in [7, 11) is -3.92. The molecule has 0 aliphatic carbocycles. The van der Waals surface area contributed by atoms with Crippen molar-refractivity contribution in [2.24, 2.45) is 0 Å². The van der Waals surface area contributed by atoms with Crippen molar-refractivity contribution < 1.29 is 22.0 Å². The van der Waals surface area contributed by atoms with Crippen LogP contribution in [0.4, 0.5) is 10.1 Å². The summed E-state index contributed by atoms with van der Waals surface area (Å²) in [5.41, 5.74) is 0.152. The van der Waals surface area contributed by atoms with Gasteiger partial charge >= 0.3 is 0 Å².